The summed E-state index contributed by atoms with van der Waals surface area (Å²) < 4.78 is 12.8. The lowest BCUT2D eigenvalue weighted by Gasteiger charge is -2.14. The van der Waals surface area contributed by atoms with E-state index in [0.717, 1.165) is 33.4 Å². The molecule has 35 heavy (non-hydrogen) atoms. The van der Waals surface area contributed by atoms with Gasteiger partial charge in [-0.3, -0.25) is 14.3 Å². The summed E-state index contributed by atoms with van der Waals surface area (Å²) in [5.74, 6) is -0.397. The topological polar surface area (TPSA) is 108 Å². The third kappa shape index (κ3) is 6.17. The van der Waals surface area contributed by atoms with E-state index >= 15 is 0 Å². The Labute approximate surface area is 203 Å². The van der Waals surface area contributed by atoms with E-state index in [4.69, 9.17) is 9.47 Å². The van der Waals surface area contributed by atoms with Crippen LogP contribution in [0.15, 0.2) is 57.0 Å². The number of rotatable bonds is 9. The van der Waals surface area contributed by atoms with E-state index in [9.17, 15) is 14.4 Å². The quantitative estimate of drug-likeness (QED) is 0.474. The molecule has 0 aliphatic heterocycles. The van der Waals surface area contributed by atoms with E-state index in [2.05, 4.69) is 9.98 Å². The van der Waals surface area contributed by atoms with Crippen molar-refractivity contribution in [2.75, 3.05) is 13.7 Å². The van der Waals surface area contributed by atoms with Gasteiger partial charge in [0.2, 0.25) is 5.62 Å². The lowest BCUT2D eigenvalue weighted by atomic mass is 10.1. The molecule has 0 saturated heterocycles. The van der Waals surface area contributed by atoms with Gasteiger partial charge in [-0.2, -0.15) is 0 Å². The van der Waals surface area contributed by atoms with Crippen molar-refractivity contribution >= 4 is 11.7 Å². The van der Waals surface area contributed by atoms with E-state index in [0.29, 0.717) is 12.3 Å². The van der Waals surface area contributed by atoms with Crippen LogP contribution in [0.25, 0.3) is 0 Å². The summed E-state index contributed by atoms with van der Waals surface area (Å²) in [4.78, 5) is 45.6. The predicted octanol–water partition coefficient (Wildman–Crippen LogP) is 2.70. The molecule has 3 rings (SSSR count). The Bertz CT molecular complexity index is 1370. The number of methoxy groups -OCH3 is 1. The van der Waals surface area contributed by atoms with Gasteiger partial charge in [-0.15, -0.1) is 0 Å². The van der Waals surface area contributed by atoms with Gasteiger partial charge < -0.3 is 9.47 Å². The molecule has 0 amide bonds. The summed E-state index contributed by atoms with van der Waals surface area (Å²) in [5.41, 5.74) is 2.43. The van der Waals surface area contributed by atoms with Crippen molar-refractivity contribution in [1.82, 2.24) is 14.1 Å². The molecule has 0 aliphatic carbocycles. The number of nitrogens with one attached hydrogen (secondary N) is 1. The van der Waals surface area contributed by atoms with Crippen molar-refractivity contribution < 1.29 is 14.3 Å². The Balaban J connectivity index is 2.17. The third-order valence-electron chi connectivity index (χ3n) is 5.66. The van der Waals surface area contributed by atoms with Crippen LogP contribution in [0.1, 0.15) is 37.5 Å². The zero-order valence-corrected chi connectivity index (χ0v) is 20.8. The normalized spacial score (nSPS) is 12.4. The predicted molar refractivity (Wildman–Crippen MR) is 133 cm³/mol. The Morgan fingerprint density at radius 1 is 1.09 bits per heavy atom. The monoisotopic (exact) mass is 480 g/mol. The molecule has 0 fully saturated rings. The maximum absolute atomic E-state index is 13.5. The number of hydrogen-bond donors (Lipinski definition) is 1. The van der Waals surface area contributed by atoms with Gasteiger partial charge in [0.25, 0.3) is 0 Å². The molecule has 1 N–H and O–H groups in total. The number of esters is 1. The minimum atomic E-state index is -0.673. The number of aromatic nitrogens is 3. The molecule has 9 heteroatoms. The number of H-pyrrole nitrogens is 1. The summed E-state index contributed by atoms with van der Waals surface area (Å²) in [6.07, 6.45) is 0.742. The molecule has 1 heterocycles. The Hall–Kier alpha value is -3.88. The van der Waals surface area contributed by atoms with Crippen molar-refractivity contribution in [3.63, 3.8) is 0 Å². The minimum Gasteiger partial charge on any atom is -0.494 e. The van der Waals surface area contributed by atoms with Gasteiger partial charge in [0.1, 0.15) is 5.75 Å². The molecule has 0 bridgehead atoms. The largest absolute Gasteiger partial charge is 0.494 e. The second kappa shape index (κ2) is 11.5. The highest BCUT2D eigenvalue weighted by Gasteiger charge is 2.18. The number of carbonyl (C=O) groups is 1. The molecule has 1 atom stereocenters. The van der Waals surface area contributed by atoms with Crippen LogP contribution in [-0.4, -0.2) is 33.8 Å². The zero-order valence-electron chi connectivity index (χ0n) is 20.8. The Kier molecular flexibility index (Phi) is 8.46. The molecule has 0 aliphatic rings. The van der Waals surface area contributed by atoms with E-state index in [-0.39, 0.29) is 18.7 Å². The summed E-state index contributed by atoms with van der Waals surface area (Å²) in [6, 6.07) is 13.2. The fourth-order valence-electron chi connectivity index (χ4n) is 3.70. The molecule has 0 unspecified atom stereocenters. The second-order valence-electron chi connectivity index (χ2n) is 8.33. The van der Waals surface area contributed by atoms with Crippen LogP contribution in [0.3, 0.4) is 0 Å². The van der Waals surface area contributed by atoms with Crippen LogP contribution in [0, 0.1) is 12.8 Å². The van der Waals surface area contributed by atoms with Crippen LogP contribution in [-0.2, 0) is 29.0 Å². The average Bonchev–Trinajstić information content (AvgIpc) is 2.85. The number of nitrogens with zero attached hydrogens (tertiary/aromatic N) is 3. The first kappa shape index (κ1) is 25.7. The zero-order chi connectivity index (χ0) is 25.5. The summed E-state index contributed by atoms with van der Waals surface area (Å²) in [5, 5.41) is 0. The lowest BCUT2D eigenvalue weighted by molar-refractivity contribution is -0.145. The highest BCUT2D eigenvalue weighted by Crippen LogP contribution is 2.24. The van der Waals surface area contributed by atoms with Gasteiger partial charge in [-0.25, -0.2) is 19.1 Å². The van der Waals surface area contributed by atoms with Gasteiger partial charge in [0.15, 0.2) is 0 Å². The summed E-state index contributed by atoms with van der Waals surface area (Å²) in [7, 11) is 1.27. The molecule has 0 spiro atoms. The van der Waals surface area contributed by atoms with Crippen LogP contribution in [0.4, 0.5) is 5.69 Å². The van der Waals surface area contributed by atoms with Crippen LogP contribution < -0.4 is 21.7 Å². The maximum atomic E-state index is 13.5. The van der Waals surface area contributed by atoms with Crippen LogP contribution in [0.2, 0.25) is 0 Å². The van der Waals surface area contributed by atoms with Crippen LogP contribution in [0.5, 0.6) is 5.75 Å². The molecule has 0 radical (unpaired) electrons. The fourth-order valence-corrected chi connectivity index (χ4v) is 3.70. The standard InChI is InChI=1S/C26H32N4O5/c1-6-20-14-21(12-13-22(20)35-7-2)27-24-28-25(32)30(15-18(4)23(31)34-5)26(33)29(24)16-19-10-8-17(3)9-11-19/h8-14,18H,6-7,15-16H2,1-5H3,(H,27,28,32)/t18-/m0/s1. The molecule has 186 valence electrons. The first-order chi connectivity index (χ1) is 16.8. The Morgan fingerprint density at radius 2 is 1.80 bits per heavy atom. The first-order valence-corrected chi connectivity index (χ1v) is 11.6. The molecule has 9 nitrogen and oxygen atoms in total. The SMILES string of the molecule is CCOc1ccc(/N=c2\[nH]c(=O)n(C[C@H](C)C(=O)OC)c(=O)n2Cc2ccc(C)cc2)cc1CC. The average molecular weight is 481 g/mol. The number of ether oxygens (including phenoxy) is 2. The summed E-state index contributed by atoms with van der Waals surface area (Å²) in [6.45, 7) is 8.16. The lowest BCUT2D eigenvalue weighted by Crippen LogP contribution is -2.51. The van der Waals surface area contributed by atoms with E-state index in [1.165, 1.54) is 11.7 Å². The first-order valence-electron chi connectivity index (χ1n) is 11.6. The van der Waals surface area contributed by atoms with Gasteiger partial charge >= 0.3 is 17.3 Å². The highest BCUT2D eigenvalue weighted by molar-refractivity contribution is 5.71. The maximum Gasteiger partial charge on any atom is 0.335 e. The number of carbonyl (C=O) groups excluding carboxylic acids is 1. The molecule has 0 saturated carbocycles. The highest BCUT2D eigenvalue weighted by atomic mass is 16.5. The van der Waals surface area contributed by atoms with Crippen molar-refractivity contribution in [3.05, 3.63) is 85.7 Å². The number of aromatic amines is 1. The summed E-state index contributed by atoms with van der Waals surface area (Å²) >= 11 is 0. The van der Waals surface area contributed by atoms with Crippen molar-refractivity contribution in [1.29, 1.82) is 0 Å². The van der Waals surface area contributed by atoms with Gasteiger partial charge in [-0.05, 0) is 49.6 Å². The molecule has 1 aromatic heterocycles. The van der Waals surface area contributed by atoms with E-state index < -0.39 is 23.3 Å². The van der Waals surface area contributed by atoms with E-state index in [1.807, 2.05) is 57.2 Å². The molecule has 3 aromatic rings. The number of aryl methyl sites for hydroxylation is 2. The second-order valence-corrected chi connectivity index (χ2v) is 8.33. The van der Waals surface area contributed by atoms with Gasteiger partial charge in [-0.1, -0.05) is 43.7 Å². The number of hydrogen-bond acceptors (Lipinski definition) is 6. The fraction of sp³-hybridized carbons (Fsp3) is 0.385. The smallest absolute Gasteiger partial charge is 0.335 e. The van der Waals surface area contributed by atoms with Gasteiger partial charge in [0, 0.05) is 6.54 Å². The molecular formula is C26H32N4O5. The van der Waals surface area contributed by atoms with E-state index in [1.54, 1.807) is 13.0 Å². The minimum absolute atomic E-state index is 0.113. The van der Waals surface area contributed by atoms with Crippen LogP contribution >= 0.6 is 0 Å². The third-order valence-corrected chi connectivity index (χ3v) is 5.66. The van der Waals surface area contributed by atoms with Crippen molar-refractivity contribution in [2.45, 2.75) is 47.2 Å². The molecule has 2 aromatic carbocycles. The molecular weight excluding hydrogens is 448 g/mol. The number of benzene rings is 2. The van der Waals surface area contributed by atoms with Crippen molar-refractivity contribution in [2.24, 2.45) is 10.9 Å². The van der Waals surface area contributed by atoms with Crippen molar-refractivity contribution in [3.8, 4) is 5.75 Å². The Morgan fingerprint density at radius 3 is 2.43 bits per heavy atom. The van der Waals surface area contributed by atoms with Gasteiger partial charge in [0.05, 0.1) is 31.9 Å².